The third-order valence-electron chi connectivity index (χ3n) is 4.96. The van der Waals surface area contributed by atoms with Crippen molar-refractivity contribution in [2.75, 3.05) is 0 Å². The van der Waals surface area contributed by atoms with E-state index in [-0.39, 0.29) is 36.2 Å². The molecule has 2 aromatic heterocycles. The molecule has 1 saturated carbocycles. The number of rotatable bonds is 5. The highest BCUT2D eigenvalue weighted by atomic mass is 16.5. The van der Waals surface area contributed by atoms with E-state index in [0.717, 1.165) is 25.7 Å². The van der Waals surface area contributed by atoms with Crippen LogP contribution in [-0.4, -0.2) is 32.6 Å². The zero-order chi connectivity index (χ0) is 20.2. The number of ether oxygens (including phenoxy) is 1. The summed E-state index contributed by atoms with van der Waals surface area (Å²) >= 11 is 0. The average Bonchev–Trinajstić information content (AvgIpc) is 3.05. The number of fused-ring (bicyclic) bond motifs is 1. The van der Waals surface area contributed by atoms with Crippen LogP contribution in [0.2, 0.25) is 0 Å². The summed E-state index contributed by atoms with van der Waals surface area (Å²) in [6.07, 6.45) is 5.78. The molecule has 1 aromatic carbocycles. The Morgan fingerprint density at radius 1 is 1.24 bits per heavy atom. The summed E-state index contributed by atoms with van der Waals surface area (Å²) in [5.41, 5.74) is 1.23. The normalized spacial score (nSPS) is 18.9. The molecule has 1 aliphatic rings. The van der Waals surface area contributed by atoms with E-state index in [4.69, 9.17) is 14.4 Å². The maximum absolute atomic E-state index is 12.4. The van der Waals surface area contributed by atoms with Gasteiger partial charge in [-0.05, 0) is 37.8 Å². The monoisotopic (exact) mass is 393 g/mol. The minimum absolute atomic E-state index is 0.00788. The Balaban J connectivity index is 1.31. The van der Waals surface area contributed by atoms with E-state index in [1.165, 1.54) is 17.0 Å². The third-order valence-corrected chi connectivity index (χ3v) is 4.96. The van der Waals surface area contributed by atoms with E-state index in [1.807, 2.05) is 6.07 Å². The highest BCUT2D eigenvalue weighted by Crippen LogP contribution is 2.24. The molecule has 0 bridgehead atoms. The Kier molecular flexibility index (Phi) is 5.24. The van der Waals surface area contributed by atoms with E-state index in [0.29, 0.717) is 11.1 Å². The summed E-state index contributed by atoms with van der Waals surface area (Å²) in [5.74, 6) is -0.534. The Labute approximate surface area is 165 Å². The number of carbonyl (C=O) groups excluding carboxylic acids is 1. The van der Waals surface area contributed by atoms with Gasteiger partial charge in [0.2, 0.25) is 11.6 Å². The summed E-state index contributed by atoms with van der Waals surface area (Å²) in [4.78, 5) is 32.4. The lowest BCUT2D eigenvalue weighted by Gasteiger charge is -2.29. The van der Waals surface area contributed by atoms with Crippen LogP contribution in [0.5, 0.6) is 5.88 Å². The van der Waals surface area contributed by atoms with Crippen molar-refractivity contribution in [2.45, 2.75) is 44.4 Å². The largest absolute Gasteiger partial charge is 0.472 e. The third kappa shape index (κ3) is 4.11. The maximum Gasteiger partial charge on any atom is 0.420 e. The van der Waals surface area contributed by atoms with E-state index in [2.05, 4.69) is 15.3 Å². The lowest BCUT2D eigenvalue weighted by molar-refractivity contribution is -0.122. The second kappa shape index (κ2) is 8.14. The van der Waals surface area contributed by atoms with Crippen molar-refractivity contribution in [3.63, 3.8) is 0 Å². The summed E-state index contributed by atoms with van der Waals surface area (Å²) in [5, 5.41) is 12.0. The second-order valence-electron chi connectivity index (χ2n) is 6.90. The number of nitriles is 1. The van der Waals surface area contributed by atoms with Crippen molar-refractivity contribution >= 4 is 17.0 Å². The van der Waals surface area contributed by atoms with Crippen LogP contribution in [0.4, 0.5) is 0 Å². The minimum Gasteiger partial charge on any atom is -0.472 e. The number of aromatic nitrogens is 3. The first kappa shape index (κ1) is 18.7. The number of oxazole rings is 1. The maximum atomic E-state index is 12.4. The number of hydrogen-bond donors (Lipinski definition) is 1. The lowest BCUT2D eigenvalue weighted by atomic mass is 9.93. The number of benzene rings is 1. The van der Waals surface area contributed by atoms with Crippen molar-refractivity contribution in [1.82, 2.24) is 19.9 Å². The molecule has 2 heterocycles. The van der Waals surface area contributed by atoms with Gasteiger partial charge in [-0.1, -0.05) is 12.1 Å². The van der Waals surface area contributed by atoms with Gasteiger partial charge in [0, 0.05) is 18.4 Å². The molecule has 0 spiro atoms. The molecule has 29 heavy (non-hydrogen) atoms. The Bertz CT molecular complexity index is 1120. The molecule has 4 rings (SSSR count). The number of amides is 1. The molecular formula is C20H19N5O4. The second-order valence-corrected chi connectivity index (χ2v) is 6.90. The van der Waals surface area contributed by atoms with E-state index in [1.54, 1.807) is 24.3 Å². The van der Waals surface area contributed by atoms with Crippen LogP contribution in [0.3, 0.4) is 0 Å². The van der Waals surface area contributed by atoms with Crippen LogP contribution in [0.15, 0.2) is 45.9 Å². The minimum atomic E-state index is -0.546. The predicted molar refractivity (Wildman–Crippen MR) is 102 cm³/mol. The Hall–Kier alpha value is -3.67. The fourth-order valence-electron chi connectivity index (χ4n) is 3.55. The van der Waals surface area contributed by atoms with Crippen molar-refractivity contribution in [3.05, 3.63) is 52.9 Å². The van der Waals surface area contributed by atoms with Gasteiger partial charge in [-0.3, -0.25) is 9.36 Å². The molecule has 0 radical (unpaired) electrons. The summed E-state index contributed by atoms with van der Waals surface area (Å²) in [6, 6.07) is 8.99. The quantitative estimate of drug-likeness (QED) is 0.700. The van der Waals surface area contributed by atoms with Gasteiger partial charge >= 0.3 is 5.76 Å². The van der Waals surface area contributed by atoms with E-state index >= 15 is 0 Å². The van der Waals surface area contributed by atoms with Gasteiger partial charge in [0.25, 0.3) is 5.88 Å². The van der Waals surface area contributed by atoms with Gasteiger partial charge in [-0.15, -0.1) is 0 Å². The van der Waals surface area contributed by atoms with E-state index in [9.17, 15) is 9.59 Å². The molecule has 0 unspecified atom stereocenters. The molecule has 9 heteroatoms. The molecule has 9 nitrogen and oxygen atoms in total. The number of nitrogens with one attached hydrogen (secondary N) is 1. The average molecular weight is 393 g/mol. The zero-order valence-electron chi connectivity index (χ0n) is 15.6. The molecule has 0 atom stereocenters. The first-order valence-corrected chi connectivity index (χ1v) is 9.39. The van der Waals surface area contributed by atoms with Crippen LogP contribution in [0, 0.1) is 11.3 Å². The fourth-order valence-corrected chi connectivity index (χ4v) is 3.55. The molecule has 1 N–H and O–H groups in total. The van der Waals surface area contributed by atoms with Crippen molar-refractivity contribution in [1.29, 1.82) is 5.26 Å². The first-order valence-electron chi connectivity index (χ1n) is 9.39. The highest BCUT2D eigenvalue weighted by molar-refractivity contribution is 5.79. The first-order chi connectivity index (χ1) is 14.1. The number of para-hydroxylation sites is 2. The SMILES string of the molecule is N#Cc1nccnc1OC1CCC(NC(=O)Cn2c(=O)oc3ccccc32)CC1. The molecule has 148 valence electrons. The number of nitrogens with zero attached hydrogens (tertiary/aromatic N) is 4. The van der Waals surface area contributed by atoms with Gasteiger partial charge in [0.05, 0.1) is 5.52 Å². The van der Waals surface area contributed by atoms with Gasteiger partial charge in [-0.2, -0.15) is 5.26 Å². The smallest absolute Gasteiger partial charge is 0.420 e. The Morgan fingerprint density at radius 2 is 2.00 bits per heavy atom. The Morgan fingerprint density at radius 3 is 2.79 bits per heavy atom. The van der Waals surface area contributed by atoms with Crippen LogP contribution >= 0.6 is 0 Å². The molecule has 0 aliphatic heterocycles. The summed E-state index contributed by atoms with van der Waals surface area (Å²) in [7, 11) is 0. The van der Waals surface area contributed by atoms with Crippen LogP contribution in [0.25, 0.3) is 11.1 Å². The van der Waals surface area contributed by atoms with Crippen molar-refractivity contribution in [2.24, 2.45) is 0 Å². The van der Waals surface area contributed by atoms with Crippen molar-refractivity contribution < 1.29 is 13.9 Å². The topological polar surface area (TPSA) is 123 Å². The number of hydrogen-bond acceptors (Lipinski definition) is 7. The van der Waals surface area contributed by atoms with Gasteiger partial charge in [0.1, 0.15) is 18.7 Å². The standard InChI is InChI=1S/C20H19N5O4/c21-11-15-19(23-10-9-22-15)28-14-7-5-13(6-8-14)24-18(26)12-25-16-3-1-2-4-17(16)29-20(25)27/h1-4,9-10,13-14H,5-8,12H2,(H,24,26). The molecule has 3 aromatic rings. The fraction of sp³-hybridized carbons (Fsp3) is 0.350. The van der Waals surface area contributed by atoms with E-state index < -0.39 is 5.76 Å². The predicted octanol–water partition coefficient (Wildman–Crippen LogP) is 1.76. The molecule has 1 aliphatic carbocycles. The van der Waals surface area contributed by atoms with Gasteiger partial charge < -0.3 is 14.5 Å². The van der Waals surface area contributed by atoms with Gasteiger partial charge in [-0.25, -0.2) is 14.8 Å². The van der Waals surface area contributed by atoms with Crippen LogP contribution in [0.1, 0.15) is 31.4 Å². The summed E-state index contributed by atoms with van der Waals surface area (Å²) < 4.78 is 12.3. The van der Waals surface area contributed by atoms with Crippen LogP contribution < -0.4 is 15.8 Å². The molecular weight excluding hydrogens is 374 g/mol. The summed E-state index contributed by atoms with van der Waals surface area (Å²) in [6.45, 7) is -0.0859. The molecule has 1 fully saturated rings. The molecule has 1 amide bonds. The van der Waals surface area contributed by atoms with Crippen molar-refractivity contribution in [3.8, 4) is 11.9 Å². The van der Waals surface area contributed by atoms with Gasteiger partial charge in [0.15, 0.2) is 5.58 Å². The lowest BCUT2D eigenvalue weighted by Crippen LogP contribution is -2.41. The van der Waals surface area contributed by atoms with Crippen LogP contribution in [-0.2, 0) is 11.3 Å². The number of carbonyl (C=O) groups is 1. The zero-order valence-corrected chi connectivity index (χ0v) is 15.6. The molecule has 0 saturated heterocycles. The highest BCUT2D eigenvalue weighted by Gasteiger charge is 2.25.